The van der Waals surface area contributed by atoms with Gasteiger partial charge in [-0.1, -0.05) is 27.7 Å². The van der Waals surface area contributed by atoms with Crippen LogP contribution < -0.4 is 0 Å². The minimum absolute atomic E-state index is 0.00370. The van der Waals surface area contributed by atoms with Gasteiger partial charge in [-0.25, -0.2) is 0 Å². The predicted octanol–water partition coefficient (Wildman–Crippen LogP) is 1.99. The van der Waals surface area contributed by atoms with Crippen LogP contribution in [0, 0.1) is 11.8 Å². The van der Waals surface area contributed by atoms with Crippen molar-refractivity contribution in [2.75, 3.05) is 0 Å². The Hall–Kier alpha value is -0.920. The van der Waals surface area contributed by atoms with Gasteiger partial charge in [0.15, 0.2) is 11.6 Å². The molecule has 0 atom stereocenters. The van der Waals surface area contributed by atoms with Crippen molar-refractivity contribution in [3.05, 3.63) is 12.2 Å². The molecule has 0 aliphatic carbocycles. The Morgan fingerprint density at radius 3 is 1.25 bits per heavy atom. The van der Waals surface area contributed by atoms with Crippen LogP contribution in [-0.2, 0) is 9.59 Å². The van der Waals surface area contributed by atoms with Gasteiger partial charge in [-0.3, -0.25) is 9.59 Å². The lowest BCUT2D eigenvalue weighted by atomic mass is 10.1. The molecule has 0 fully saturated rings. The van der Waals surface area contributed by atoms with E-state index in [2.05, 4.69) is 0 Å². The van der Waals surface area contributed by atoms with Crippen LogP contribution in [0.25, 0.3) is 0 Å². The lowest BCUT2D eigenvalue weighted by Crippen LogP contribution is -2.06. The fourth-order valence-corrected chi connectivity index (χ4v) is 0.549. The molecule has 2 heteroatoms. The zero-order valence-corrected chi connectivity index (χ0v) is 8.13. The third kappa shape index (κ3) is 4.06. The number of hydrogen-bond acceptors (Lipinski definition) is 2. The Kier molecular flexibility index (Phi) is 4.49. The molecule has 12 heavy (non-hydrogen) atoms. The summed E-state index contributed by atoms with van der Waals surface area (Å²) in [6.45, 7) is 7.25. The van der Waals surface area contributed by atoms with Crippen molar-refractivity contribution >= 4 is 11.6 Å². The van der Waals surface area contributed by atoms with Gasteiger partial charge in [-0.05, 0) is 12.2 Å². The summed E-state index contributed by atoms with van der Waals surface area (Å²) in [6, 6.07) is 0. The minimum atomic E-state index is -0.0267. The highest BCUT2D eigenvalue weighted by atomic mass is 16.1. The molecule has 0 unspecified atom stereocenters. The zero-order chi connectivity index (χ0) is 9.72. The van der Waals surface area contributed by atoms with Crippen molar-refractivity contribution in [2.45, 2.75) is 27.7 Å². The number of carbonyl (C=O) groups is 2. The van der Waals surface area contributed by atoms with E-state index >= 15 is 0 Å². The van der Waals surface area contributed by atoms with Crippen molar-refractivity contribution in [3.8, 4) is 0 Å². The summed E-state index contributed by atoms with van der Waals surface area (Å²) in [5, 5.41) is 0. The average Bonchev–Trinajstić information content (AvgIpc) is 1.98. The summed E-state index contributed by atoms with van der Waals surface area (Å²) < 4.78 is 0. The second kappa shape index (κ2) is 4.86. The summed E-state index contributed by atoms with van der Waals surface area (Å²) in [4.78, 5) is 22.1. The molecule has 68 valence electrons. The van der Waals surface area contributed by atoms with Crippen molar-refractivity contribution in [2.24, 2.45) is 11.8 Å². The first-order valence-corrected chi connectivity index (χ1v) is 4.21. The number of ketones is 2. The predicted molar refractivity (Wildman–Crippen MR) is 48.8 cm³/mol. The first-order valence-electron chi connectivity index (χ1n) is 4.21. The topological polar surface area (TPSA) is 34.1 Å². The molecule has 0 aromatic heterocycles. The van der Waals surface area contributed by atoms with Crippen LogP contribution in [0.2, 0.25) is 0 Å². The third-order valence-electron chi connectivity index (χ3n) is 1.55. The van der Waals surface area contributed by atoms with E-state index in [0.29, 0.717) is 0 Å². The summed E-state index contributed by atoms with van der Waals surface area (Å²) in [5.74, 6) is -0.0459. The highest BCUT2D eigenvalue weighted by molar-refractivity contribution is 5.99. The van der Waals surface area contributed by atoms with Gasteiger partial charge in [0.1, 0.15) is 0 Å². The third-order valence-corrected chi connectivity index (χ3v) is 1.55. The molecule has 0 rings (SSSR count). The second-order valence-electron chi connectivity index (χ2n) is 3.45. The fraction of sp³-hybridized carbons (Fsp3) is 0.600. The van der Waals surface area contributed by atoms with E-state index in [9.17, 15) is 9.59 Å². The van der Waals surface area contributed by atoms with Crippen LogP contribution in [0.15, 0.2) is 12.2 Å². The highest BCUT2D eigenvalue weighted by Crippen LogP contribution is 1.99. The summed E-state index contributed by atoms with van der Waals surface area (Å²) in [5.41, 5.74) is 0. The number of carbonyl (C=O) groups excluding carboxylic acids is 2. The van der Waals surface area contributed by atoms with Gasteiger partial charge in [0.2, 0.25) is 0 Å². The molecule has 0 saturated heterocycles. The Labute approximate surface area is 73.7 Å². The Bertz CT molecular complexity index is 178. The van der Waals surface area contributed by atoms with E-state index in [1.54, 1.807) is 0 Å². The minimum Gasteiger partial charge on any atom is -0.295 e. The van der Waals surface area contributed by atoms with Crippen LogP contribution in [0.1, 0.15) is 27.7 Å². The molecule has 0 aromatic rings. The van der Waals surface area contributed by atoms with Crippen LogP contribution in [0.5, 0.6) is 0 Å². The first-order chi connectivity index (χ1) is 5.45. The zero-order valence-electron chi connectivity index (χ0n) is 8.13. The molecule has 0 radical (unpaired) electrons. The molecule has 0 aliphatic heterocycles. The van der Waals surface area contributed by atoms with Crippen molar-refractivity contribution in [3.63, 3.8) is 0 Å². The van der Waals surface area contributed by atoms with Crippen LogP contribution in [0.4, 0.5) is 0 Å². The second-order valence-corrected chi connectivity index (χ2v) is 3.45. The quantitative estimate of drug-likeness (QED) is 0.601. The van der Waals surface area contributed by atoms with E-state index in [0.717, 1.165) is 0 Å². The van der Waals surface area contributed by atoms with Gasteiger partial charge in [0, 0.05) is 11.8 Å². The summed E-state index contributed by atoms with van der Waals surface area (Å²) in [6.07, 6.45) is 2.74. The van der Waals surface area contributed by atoms with Crippen LogP contribution in [-0.4, -0.2) is 11.6 Å². The van der Waals surface area contributed by atoms with Crippen molar-refractivity contribution in [1.82, 2.24) is 0 Å². The van der Waals surface area contributed by atoms with E-state index in [1.165, 1.54) is 12.2 Å². The van der Waals surface area contributed by atoms with E-state index in [-0.39, 0.29) is 23.4 Å². The van der Waals surface area contributed by atoms with E-state index in [1.807, 2.05) is 27.7 Å². The van der Waals surface area contributed by atoms with Crippen LogP contribution in [0.3, 0.4) is 0 Å². The standard InChI is InChI=1S/C10H16O2/c1-7(2)9(11)5-6-10(12)8(3)4/h5-8H,1-4H3. The maximum atomic E-state index is 11.0. The first kappa shape index (κ1) is 11.1. The van der Waals surface area contributed by atoms with Gasteiger partial charge in [0.05, 0.1) is 0 Å². The summed E-state index contributed by atoms with van der Waals surface area (Å²) >= 11 is 0. The molecule has 2 nitrogen and oxygen atoms in total. The van der Waals surface area contributed by atoms with Gasteiger partial charge in [0.25, 0.3) is 0 Å². The van der Waals surface area contributed by atoms with Crippen molar-refractivity contribution < 1.29 is 9.59 Å². The van der Waals surface area contributed by atoms with Gasteiger partial charge >= 0.3 is 0 Å². The molecular weight excluding hydrogens is 152 g/mol. The smallest absolute Gasteiger partial charge is 0.158 e. The molecule has 0 saturated carbocycles. The van der Waals surface area contributed by atoms with E-state index in [4.69, 9.17) is 0 Å². The lowest BCUT2D eigenvalue weighted by Gasteiger charge is -1.98. The van der Waals surface area contributed by atoms with Gasteiger partial charge in [-0.15, -0.1) is 0 Å². The van der Waals surface area contributed by atoms with Crippen LogP contribution >= 0.6 is 0 Å². The highest BCUT2D eigenvalue weighted by Gasteiger charge is 2.05. The largest absolute Gasteiger partial charge is 0.295 e. The number of rotatable bonds is 4. The molecule has 0 amide bonds. The molecule has 0 spiro atoms. The van der Waals surface area contributed by atoms with Crippen molar-refractivity contribution in [1.29, 1.82) is 0 Å². The molecular formula is C10H16O2. The molecule has 0 bridgehead atoms. The Morgan fingerprint density at radius 2 is 1.08 bits per heavy atom. The lowest BCUT2D eigenvalue weighted by molar-refractivity contribution is -0.119. The number of allylic oxidation sites excluding steroid dienone is 2. The van der Waals surface area contributed by atoms with Gasteiger partial charge < -0.3 is 0 Å². The monoisotopic (exact) mass is 168 g/mol. The summed E-state index contributed by atoms with van der Waals surface area (Å²) in [7, 11) is 0. The molecule has 0 aromatic carbocycles. The number of hydrogen-bond donors (Lipinski definition) is 0. The molecule has 0 N–H and O–H groups in total. The van der Waals surface area contributed by atoms with E-state index < -0.39 is 0 Å². The van der Waals surface area contributed by atoms with Gasteiger partial charge in [-0.2, -0.15) is 0 Å². The maximum Gasteiger partial charge on any atom is 0.158 e. The Morgan fingerprint density at radius 1 is 0.833 bits per heavy atom. The normalized spacial score (nSPS) is 11.5. The maximum absolute atomic E-state index is 11.0. The molecule has 0 aliphatic rings. The fourth-order valence-electron chi connectivity index (χ4n) is 0.549. The molecule has 0 heterocycles. The Balaban J connectivity index is 4.08. The SMILES string of the molecule is CC(C)C(=O)C=CC(=O)C(C)C. The average molecular weight is 168 g/mol.